The van der Waals surface area contributed by atoms with E-state index in [0.717, 1.165) is 0 Å². The van der Waals surface area contributed by atoms with Gasteiger partial charge in [-0.1, -0.05) is 43.7 Å². The van der Waals surface area contributed by atoms with Crippen molar-refractivity contribution in [2.45, 2.75) is 26.2 Å². The van der Waals surface area contributed by atoms with Crippen LogP contribution in [-0.2, 0) is 0 Å². The zero-order valence-corrected chi connectivity index (χ0v) is 7.51. The van der Waals surface area contributed by atoms with Crippen LogP contribution in [0.2, 0.25) is 0 Å². The van der Waals surface area contributed by atoms with E-state index in [1.165, 1.54) is 30.4 Å². The molecule has 0 amide bonds. The van der Waals surface area contributed by atoms with Crippen molar-refractivity contribution in [3.05, 3.63) is 35.4 Å². The molecule has 0 heterocycles. The van der Waals surface area contributed by atoms with Crippen molar-refractivity contribution in [2.24, 2.45) is 0 Å². The zero-order chi connectivity index (χ0) is 8.39. The third-order valence-corrected chi connectivity index (χ3v) is 2.44. The van der Waals surface area contributed by atoms with E-state index in [-0.39, 0.29) is 0 Å². The summed E-state index contributed by atoms with van der Waals surface area (Å²) in [6.07, 6.45) is 6.18. The van der Waals surface area contributed by atoms with Crippen LogP contribution in [0.3, 0.4) is 0 Å². The molecule has 0 saturated heterocycles. The summed E-state index contributed by atoms with van der Waals surface area (Å²) in [5.74, 6) is 0. The Morgan fingerprint density at radius 1 is 1.17 bits per heavy atom. The lowest BCUT2D eigenvalue weighted by Crippen LogP contribution is -1.97. The van der Waals surface area contributed by atoms with Crippen LogP contribution in [0.4, 0.5) is 0 Å². The molecule has 1 aliphatic carbocycles. The molecule has 0 saturated carbocycles. The van der Waals surface area contributed by atoms with E-state index < -0.39 is 0 Å². The molecule has 0 heteroatoms. The van der Waals surface area contributed by atoms with Gasteiger partial charge in [-0.15, -0.1) is 0 Å². The Hall–Kier alpha value is -1.04. The lowest BCUT2D eigenvalue weighted by Gasteiger charge is -2.19. The molecule has 0 aliphatic heterocycles. The van der Waals surface area contributed by atoms with E-state index in [9.17, 15) is 0 Å². The van der Waals surface area contributed by atoms with E-state index in [2.05, 4.69) is 37.3 Å². The first-order chi connectivity index (χ1) is 5.92. The van der Waals surface area contributed by atoms with Gasteiger partial charge < -0.3 is 0 Å². The molecule has 0 unspecified atom stereocenters. The van der Waals surface area contributed by atoms with E-state index in [4.69, 9.17) is 0 Å². The normalized spacial score (nSPS) is 13.2. The van der Waals surface area contributed by atoms with Gasteiger partial charge in [0.2, 0.25) is 0 Å². The molecular formula is C12H14. The molecule has 0 radical (unpaired) electrons. The summed E-state index contributed by atoms with van der Waals surface area (Å²) in [4.78, 5) is 0. The molecule has 0 spiro atoms. The van der Waals surface area contributed by atoms with Crippen molar-refractivity contribution < 1.29 is 0 Å². The third kappa shape index (κ3) is 1.18. The number of allylic oxidation sites excluding steroid dienone is 1. The number of rotatable bonds is 3. The van der Waals surface area contributed by atoms with Crippen LogP contribution in [0.5, 0.6) is 0 Å². The maximum Gasteiger partial charge on any atom is -0.0152 e. The molecule has 0 nitrogen and oxygen atoms in total. The average Bonchev–Trinajstić information content (AvgIpc) is 2.07. The summed E-state index contributed by atoms with van der Waals surface area (Å²) in [6.45, 7) is 2.24. The van der Waals surface area contributed by atoms with Gasteiger partial charge in [0.05, 0.1) is 0 Å². The predicted molar refractivity (Wildman–Crippen MR) is 53.8 cm³/mol. The van der Waals surface area contributed by atoms with E-state index >= 15 is 0 Å². The van der Waals surface area contributed by atoms with Crippen LogP contribution in [0.1, 0.15) is 37.3 Å². The Morgan fingerprint density at radius 3 is 2.75 bits per heavy atom. The third-order valence-electron chi connectivity index (χ3n) is 2.44. The minimum atomic E-state index is 1.26. The van der Waals surface area contributed by atoms with E-state index in [1.54, 1.807) is 5.57 Å². The highest BCUT2D eigenvalue weighted by atomic mass is 14.2. The summed E-state index contributed by atoms with van der Waals surface area (Å²) < 4.78 is 0. The van der Waals surface area contributed by atoms with Crippen molar-refractivity contribution in [1.82, 2.24) is 0 Å². The molecule has 0 N–H and O–H groups in total. The van der Waals surface area contributed by atoms with Crippen LogP contribution < -0.4 is 0 Å². The highest BCUT2D eigenvalue weighted by Gasteiger charge is 2.13. The van der Waals surface area contributed by atoms with Gasteiger partial charge in [0.1, 0.15) is 0 Å². The van der Waals surface area contributed by atoms with Gasteiger partial charge in [-0.2, -0.15) is 0 Å². The fourth-order valence-corrected chi connectivity index (χ4v) is 1.68. The number of fused-ring (bicyclic) bond motifs is 1. The summed E-state index contributed by atoms with van der Waals surface area (Å²) in [5, 5.41) is 0. The van der Waals surface area contributed by atoms with Gasteiger partial charge in [0, 0.05) is 0 Å². The Kier molecular flexibility index (Phi) is 1.99. The van der Waals surface area contributed by atoms with Gasteiger partial charge in [-0.05, 0) is 29.5 Å². The maximum atomic E-state index is 2.31. The van der Waals surface area contributed by atoms with Crippen LogP contribution in [0.15, 0.2) is 24.3 Å². The minimum Gasteiger partial charge on any atom is -0.0654 e. The number of hydrogen-bond acceptors (Lipinski definition) is 0. The van der Waals surface area contributed by atoms with Crippen molar-refractivity contribution >= 4 is 11.6 Å². The quantitative estimate of drug-likeness (QED) is 0.628. The molecule has 0 aromatic heterocycles. The van der Waals surface area contributed by atoms with Gasteiger partial charge in [-0.25, -0.2) is 0 Å². The monoisotopic (exact) mass is 158 g/mol. The number of benzene rings is 1. The van der Waals surface area contributed by atoms with Gasteiger partial charge >= 0.3 is 0 Å². The first-order valence-electron chi connectivity index (χ1n) is 4.72. The molecule has 12 heavy (non-hydrogen) atoms. The minimum absolute atomic E-state index is 1.26. The van der Waals surface area contributed by atoms with Crippen molar-refractivity contribution in [2.75, 3.05) is 0 Å². The molecule has 0 bridgehead atoms. The molecule has 0 fully saturated rings. The standard InChI is InChI=1S/C12H14/c1-2-3-6-10-9-11-7-4-5-8-12(10)11/h4-5,7-9H,2-3,6H2,1H3. The Morgan fingerprint density at radius 2 is 2.00 bits per heavy atom. The SMILES string of the molecule is CCCCC1=Cc2ccccc21. The summed E-state index contributed by atoms with van der Waals surface area (Å²) >= 11 is 0. The van der Waals surface area contributed by atoms with E-state index in [1.807, 2.05) is 0 Å². The topological polar surface area (TPSA) is 0 Å². The summed E-state index contributed by atoms with van der Waals surface area (Å²) in [7, 11) is 0. The maximum absolute atomic E-state index is 2.31. The average molecular weight is 158 g/mol. The zero-order valence-electron chi connectivity index (χ0n) is 7.51. The van der Waals surface area contributed by atoms with Crippen LogP contribution in [-0.4, -0.2) is 0 Å². The smallest absolute Gasteiger partial charge is 0.0152 e. The van der Waals surface area contributed by atoms with Gasteiger partial charge in [-0.3, -0.25) is 0 Å². The van der Waals surface area contributed by atoms with Crippen LogP contribution >= 0.6 is 0 Å². The molecule has 1 aromatic rings. The van der Waals surface area contributed by atoms with Crippen molar-refractivity contribution in [3.63, 3.8) is 0 Å². The molecule has 1 aromatic carbocycles. The molecule has 0 atom stereocenters. The molecule has 62 valence electrons. The highest BCUT2D eigenvalue weighted by molar-refractivity contribution is 5.95. The van der Waals surface area contributed by atoms with Crippen LogP contribution in [0, 0.1) is 0 Å². The number of unbranched alkanes of at least 4 members (excludes halogenated alkanes) is 1. The second-order valence-corrected chi connectivity index (χ2v) is 3.36. The highest BCUT2D eigenvalue weighted by Crippen LogP contribution is 2.35. The Balaban J connectivity index is 2.07. The first kappa shape index (κ1) is 7.60. The largest absolute Gasteiger partial charge is 0.0654 e. The second-order valence-electron chi connectivity index (χ2n) is 3.36. The van der Waals surface area contributed by atoms with Crippen molar-refractivity contribution in [1.29, 1.82) is 0 Å². The summed E-state index contributed by atoms with van der Waals surface area (Å²) in [5.41, 5.74) is 4.45. The molecule has 2 rings (SSSR count). The fourth-order valence-electron chi connectivity index (χ4n) is 1.68. The fraction of sp³-hybridized carbons (Fsp3) is 0.333. The lowest BCUT2D eigenvalue weighted by atomic mass is 9.86. The lowest BCUT2D eigenvalue weighted by molar-refractivity contribution is 0.823. The molecule has 1 aliphatic rings. The van der Waals surface area contributed by atoms with Crippen molar-refractivity contribution in [3.8, 4) is 0 Å². The Bertz CT molecular complexity index is 308. The predicted octanol–water partition coefficient (Wildman–Crippen LogP) is 3.73. The van der Waals surface area contributed by atoms with E-state index in [0.29, 0.717) is 0 Å². The second kappa shape index (κ2) is 3.14. The first-order valence-corrected chi connectivity index (χ1v) is 4.72. The Labute approximate surface area is 73.9 Å². The van der Waals surface area contributed by atoms with Gasteiger partial charge in [0.15, 0.2) is 0 Å². The summed E-state index contributed by atoms with van der Waals surface area (Å²) in [6, 6.07) is 8.63. The van der Waals surface area contributed by atoms with Crippen LogP contribution in [0.25, 0.3) is 11.6 Å². The van der Waals surface area contributed by atoms with Gasteiger partial charge in [0.25, 0.3) is 0 Å². The number of hydrogen-bond donors (Lipinski definition) is 0. The molecular weight excluding hydrogens is 144 g/mol.